The van der Waals surface area contributed by atoms with Crippen molar-refractivity contribution < 1.29 is 14.6 Å². The molecule has 1 aliphatic carbocycles. The highest BCUT2D eigenvalue weighted by Gasteiger charge is 2.35. The molecule has 1 N–H and O–H groups in total. The highest BCUT2D eigenvalue weighted by atomic mass is 35.5. The smallest absolute Gasteiger partial charge is 0.176 e. The van der Waals surface area contributed by atoms with E-state index in [2.05, 4.69) is 4.90 Å². The highest BCUT2D eigenvalue weighted by molar-refractivity contribution is 6.32. The summed E-state index contributed by atoms with van der Waals surface area (Å²) in [7, 11) is 1.54. The van der Waals surface area contributed by atoms with Gasteiger partial charge in [0.2, 0.25) is 0 Å². The van der Waals surface area contributed by atoms with E-state index >= 15 is 0 Å². The van der Waals surface area contributed by atoms with Crippen molar-refractivity contribution in [2.45, 2.75) is 38.0 Å². The maximum atomic E-state index is 9.79. The lowest BCUT2D eigenvalue weighted by molar-refractivity contribution is -0.0588. The first-order chi connectivity index (χ1) is 9.69. The maximum absolute atomic E-state index is 9.79. The van der Waals surface area contributed by atoms with E-state index < -0.39 is 0 Å². The molecule has 2 aliphatic rings. The van der Waals surface area contributed by atoms with Gasteiger partial charge in [0.1, 0.15) is 0 Å². The van der Waals surface area contributed by atoms with Gasteiger partial charge in [-0.1, -0.05) is 11.6 Å². The van der Waals surface area contributed by atoms with Crippen LogP contribution in [-0.4, -0.2) is 42.4 Å². The second kappa shape index (κ2) is 5.80. The minimum atomic E-state index is 0.0126. The quantitative estimate of drug-likeness (QED) is 0.931. The fourth-order valence-electron chi connectivity index (χ4n) is 3.31. The molecule has 110 valence electrons. The van der Waals surface area contributed by atoms with Crippen molar-refractivity contribution in [2.24, 2.45) is 0 Å². The number of hydrogen-bond acceptors (Lipinski definition) is 4. The Kier molecular flexibility index (Phi) is 4.06. The first-order valence-corrected chi connectivity index (χ1v) is 7.48. The molecule has 20 heavy (non-hydrogen) atoms. The standard InChI is InChI=1S/C15H20ClNO3/c1-19-14-8-10(7-11(16)15(14)18)9-17-5-6-20-13-4-2-3-12(13)17/h7-8,12-13,18H,2-6,9H2,1H3. The number of morpholine rings is 1. The molecule has 0 bridgehead atoms. The van der Waals surface area contributed by atoms with E-state index in [1.54, 1.807) is 0 Å². The fraction of sp³-hybridized carbons (Fsp3) is 0.600. The summed E-state index contributed by atoms with van der Waals surface area (Å²) < 4.78 is 11.0. The second-order valence-electron chi connectivity index (χ2n) is 5.51. The average Bonchev–Trinajstić information content (AvgIpc) is 2.92. The minimum absolute atomic E-state index is 0.0126. The van der Waals surface area contributed by atoms with Gasteiger partial charge >= 0.3 is 0 Å². The number of rotatable bonds is 3. The van der Waals surface area contributed by atoms with Gasteiger partial charge in [0.15, 0.2) is 11.5 Å². The summed E-state index contributed by atoms with van der Waals surface area (Å²) in [4.78, 5) is 2.46. The topological polar surface area (TPSA) is 41.9 Å². The van der Waals surface area contributed by atoms with Crippen LogP contribution < -0.4 is 4.74 Å². The molecule has 0 aromatic heterocycles. The third-order valence-corrected chi connectivity index (χ3v) is 4.58. The van der Waals surface area contributed by atoms with Gasteiger partial charge in [0.25, 0.3) is 0 Å². The van der Waals surface area contributed by atoms with Crippen LogP contribution in [0.3, 0.4) is 0 Å². The highest BCUT2D eigenvalue weighted by Crippen LogP contribution is 2.36. The van der Waals surface area contributed by atoms with Crippen LogP contribution in [0, 0.1) is 0 Å². The monoisotopic (exact) mass is 297 g/mol. The lowest BCUT2D eigenvalue weighted by Crippen LogP contribution is -2.47. The maximum Gasteiger partial charge on any atom is 0.176 e. The first kappa shape index (κ1) is 14.0. The van der Waals surface area contributed by atoms with Crippen molar-refractivity contribution in [3.63, 3.8) is 0 Å². The Morgan fingerprint density at radius 2 is 2.30 bits per heavy atom. The minimum Gasteiger partial charge on any atom is -0.503 e. The molecule has 5 heteroatoms. The molecule has 3 rings (SSSR count). The van der Waals surface area contributed by atoms with Crippen LogP contribution in [0.2, 0.25) is 5.02 Å². The number of benzene rings is 1. The van der Waals surface area contributed by atoms with Gasteiger partial charge in [-0.15, -0.1) is 0 Å². The Morgan fingerprint density at radius 3 is 3.10 bits per heavy atom. The van der Waals surface area contributed by atoms with E-state index in [0.29, 0.717) is 22.9 Å². The second-order valence-corrected chi connectivity index (χ2v) is 5.91. The number of nitrogens with zero attached hydrogens (tertiary/aromatic N) is 1. The van der Waals surface area contributed by atoms with Gasteiger partial charge in [0, 0.05) is 19.1 Å². The normalized spacial score (nSPS) is 26.5. The lowest BCUT2D eigenvalue weighted by atomic mass is 10.1. The van der Waals surface area contributed by atoms with E-state index in [4.69, 9.17) is 21.1 Å². The third-order valence-electron chi connectivity index (χ3n) is 4.29. The zero-order chi connectivity index (χ0) is 14.1. The summed E-state index contributed by atoms with van der Waals surface area (Å²) in [5.41, 5.74) is 1.07. The van der Waals surface area contributed by atoms with Crippen LogP contribution >= 0.6 is 11.6 Å². The van der Waals surface area contributed by atoms with Gasteiger partial charge in [-0.2, -0.15) is 0 Å². The predicted molar refractivity (Wildman–Crippen MR) is 77.5 cm³/mol. The molecule has 2 fully saturated rings. The Morgan fingerprint density at radius 1 is 1.45 bits per heavy atom. The van der Waals surface area contributed by atoms with Crippen LogP contribution in [0.1, 0.15) is 24.8 Å². The van der Waals surface area contributed by atoms with Gasteiger partial charge in [-0.05, 0) is 37.0 Å². The molecule has 1 aliphatic heterocycles. The van der Waals surface area contributed by atoms with Gasteiger partial charge < -0.3 is 14.6 Å². The molecule has 1 aromatic carbocycles. The van der Waals surface area contributed by atoms with Crippen molar-refractivity contribution in [2.75, 3.05) is 20.3 Å². The summed E-state index contributed by atoms with van der Waals surface area (Å²) in [6.45, 7) is 2.56. The van der Waals surface area contributed by atoms with Crippen molar-refractivity contribution in [3.8, 4) is 11.5 Å². The predicted octanol–water partition coefficient (Wildman–Crippen LogP) is 2.81. The molecule has 1 aromatic rings. The molecule has 4 nitrogen and oxygen atoms in total. The molecule has 2 unspecified atom stereocenters. The summed E-state index contributed by atoms with van der Waals surface area (Å²) in [6.07, 6.45) is 4.00. The van der Waals surface area contributed by atoms with E-state index in [9.17, 15) is 5.11 Å². The fourth-order valence-corrected chi connectivity index (χ4v) is 3.54. The van der Waals surface area contributed by atoms with Crippen LogP contribution in [0.5, 0.6) is 11.5 Å². The van der Waals surface area contributed by atoms with Crippen LogP contribution in [0.4, 0.5) is 0 Å². The lowest BCUT2D eigenvalue weighted by Gasteiger charge is -2.37. The zero-order valence-corrected chi connectivity index (χ0v) is 12.4. The number of phenolic OH excluding ortho intramolecular Hbond substituents is 1. The van der Waals surface area contributed by atoms with E-state index in [1.165, 1.54) is 26.4 Å². The van der Waals surface area contributed by atoms with Gasteiger partial charge in [-0.3, -0.25) is 4.90 Å². The molecule has 0 radical (unpaired) electrons. The molecule has 0 spiro atoms. The van der Waals surface area contributed by atoms with E-state index in [-0.39, 0.29) is 5.75 Å². The number of aromatic hydroxyl groups is 1. The molecule has 1 heterocycles. The van der Waals surface area contributed by atoms with Crippen molar-refractivity contribution in [1.29, 1.82) is 0 Å². The van der Waals surface area contributed by atoms with Crippen LogP contribution in [0.25, 0.3) is 0 Å². The number of phenols is 1. The van der Waals surface area contributed by atoms with Crippen LogP contribution in [0.15, 0.2) is 12.1 Å². The SMILES string of the molecule is COc1cc(CN2CCOC3CCCC32)cc(Cl)c1O. The number of ether oxygens (including phenoxy) is 2. The molecular weight excluding hydrogens is 278 g/mol. The molecule has 1 saturated heterocycles. The third kappa shape index (κ3) is 2.60. The first-order valence-electron chi connectivity index (χ1n) is 7.10. The van der Waals surface area contributed by atoms with Crippen molar-refractivity contribution >= 4 is 11.6 Å². The summed E-state index contributed by atoms with van der Waals surface area (Å²) in [6, 6.07) is 4.20. The Hall–Kier alpha value is -0.970. The zero-order valence-electron chi connectivity index (χ0n) is 11.6. The van der Waals surface area contributed by atoms with Crippen LogP contribution in [-0.2, 0) is 11.3 Å². The molecule has 0 amide bonds. The molecule has 1 saturated carbocycles. The molecular formula is C15H20ClNO3. The molecule has 2 atom stereocenters. The average molecular weight is 298 g/mol. The van der Waals surface area contributed by atoms with Crippen molar-refractivity contribution in [1.82, 2.24) is 4.90 Å². The van der Waals surface area contributed by atoms with E-state index in [0.717, 1.165) is 25.3 Å². The number of halogens is 1. The van der Waals surface area contributed by atoms with Gasteiger partial charge in [-0.25, -0.2) is 0 Å². The van der Waals surface area contributed by atoms with E-state index in [1.807, 2.05) is 12.1 Å². The summed E-state index contributed by atoms with van der Waals surface area (Å²) in [5, 5.41) is 10.1. The Bertz CT molecular complexity index is 494. The van der Waals surface area contributed by atoms with Crippen molar-refractivity contribution in [3.05, 3.63) is 22.7 Å². The number of methoxy groups -OCH3 is 1. The summed E-state index contributed by atoms with van der Waals surface area (Å²) in [5.74, 6) is 0.447. The Balaban J connectivity index is 1.78. The van der Waals surface area contributed by atoms with Gasteiger partial charge in [0.05, 0.1) is 24.8 Å². The number of hydrogen-bond donors (Lipinski definition) is 1. The number of fused-ring (bicyclic) bond motifs is 1. The summed E-state index contributed by atoms with van der Waals surface area (Å²) >= 11 is 6.05. The largest absolute Gasteiger partial charge is 0.503 e. The Labute approximate surface area is 124 Å².